The van der Waals surface area contributed by atoms with Gasteiger partial charge in [0.2, 0.25) is 0 Å². The van der Waals surface area contributed by atoms with Gasteiger partial charge in [-0.15, -0.1) is 0 Å². The van der Waals surface area contributed by atoms with Gasteiger partial charge in [0.05, 0.1) is 24.4 Å². The number of hydrogen-bond donors (Lipinski definition) is 3. The van der Waals surface area contributed by atoms with Crippen molar-refractivity contribution < 1.29 is 9.53 Å². The normalized spacial score (nSPS) is 12.0. The maximum Gasteiger partial charge on any atom is 0.307 e. The number of H-pyrrole nitrogens is 1. The number of anilines is 2. The second-order valence-corrected chi connectivity index (χ2v) is 7.96. The summed E-state index contributed by atoms with van der Waals surface area (Å²) in [6, 6.07) is 14.5. The van der Waals surface area contributed by atoms with Crippen LogP contribution in [-0.2, 0) is 16.1 Å². The fourth-order valence-corrected chi connectivity index (χ4v) is 4.03. The second-order valence-electron chi connectivity index (χ2n) is 7.04. The van der Waals surface area contributed by atoms with Gasteiger partial charge in [-0.1, -0.05) is 41.4 Å². The van der Waals surface area contributed by atoms with Gasteiger partial charge in [-0.05, 0) is 49.2 Å². The zero-order valence-electron chi connectivity index (χ0n) is 16.9. The number of fused-ring (bicyclic) bond motifs is 1. The smallest absolute Gasteiger partial charge is 0.307 e. The minimum Gasteiger partial charge on any atom is -0.466 e. The fraction of sp³-hybridized carbons (Fsp3) is 0.348. The molecule has 3 rings (SSSR count). The zero-order chi connectivity index (χ0) is 20.6. The lowest BCUT2D eigenvalue weighted by Gasteiger charge is -2.21. The van der Waals surface area contributed by atoms with Gasteiger partial charge >= 0.3 is 5.97 Å². The van der Waals surface area contributed by atoms with Crippen LogP contribution < -0.4 is 10.6 Å². The molecule has 1 atom stereocenters. The van der Waals surface area contributed by atoms with E-state index in [4.69, 9.17) is 4.74 Å². The number of hydrogen-bond acceptors (Lipinski definition) is 4. The topological polar surface area (TPSA) is 66.2 Å². The number of carbonyl (C=O) groups excluding carboxylic acids is 1. The lowest BCUT2D eigenvalue weighted by atomic mass is 10.1. The molecule has 6 heteroatoms. The van der Waals surface area contributed by atoms with E-state index < -0.39 is 0 Å². The van der Waals surface area contributed by atoms with Crippen molar-refractivity contribution in [3.05, 3.63) is 58.7 Å². The van der Waals surface area contributed by atoms with Crippen LogP contribution in [0, 0.1) is 0 Å². The maximum atomic E-state index is 12.0. The third-order valence-electron chi connectivity index (χ3n) is 4.83. The highest BCUT2D eigenvalue weighted by atomic mass is 79.9. The van der Waals surface area contributed by atoms with Gasteiger partial charge in [0.25, 0.3) is 0 Å². The van der Waals surface area contributed by atoms with Crippen molar-refractivity contribution in [2.75, 3.05) is 17.2 Å². The van der Waals surface area contributed by atoms with Gasteiger partial charge < -0.3 is 20.4 Å². The van der Waals surface area contributed by atoms with Crippen molar-refractivity contribution in [1.29, 1.82) is 0 Å². The van der Waals surface area contributed by atoms with Gasteiger partial charge in [-0.3, -0.25) is 4.79 Å². The molecule has 1 heterocycles. The lowest BCUT2D eigenvalue weighted by molar-refractivity contribution is -0.143. The second kappa shape index (κ2) is 10.3. The number of aromatic amines is 1. The Kier molecular flexibility index (Phi) is 7.58. The van der Waals surface area contributed by atoms with Crippen LogP contribution in [0.3, 0.4) is 0 Å². The number of rotatable bonds is 10. The van der Waals surface area contributed by atoms with E-state index in [1.165, 1.54) is 10.9 Å². The number of ether oxygens (including phenoxy) is 1. The molecule has 1 unspecified atom stereocenters. The molecule has 3 N–H and O–H groups in total. The predicted octanol–water partition coefficient (Wildman–Crippen LogP) is 6.08. The molecule has 0 aliphatic carbocycles. The zero-order valence-corrected chi connectivity index (χ0v) is 18.5. The van der Waals surface area contributed by atoms with Gasteiger partial charge in [0, 0.05) is 34.2 Å². The number of esters is 1. The molecule has 3 aromatic rings. The quantitative estimate of drug-likeness (QED) is 0.323. The SMILES string of the molecule is CCCC(CC(=O)OCC)Nc1ccccc1NCc1cc(Br)cc2[nH]ccc12. The molecule has 0 spiro atoms. The molecule has 0 saturated carbocycles. The first-order valence-electron chi connectivity index (χ1n) is 10.1. The van der Waals surface area contributed by atoms with Crippen molar-refractivity contribution in [2.24, 2.45) is 0 Å². The predicted molar refractivity (Wildman–Crippen MR) is 123 cm³/mol. The monoisotopic (exact) mass is 457 g/mol. The summed E-state index contributed by atoms with van der Waals surface area (Å²) in [4.78, 5) is 15.2. The lowest BCUT2D eigenvalue weighted by Crippen LogP contribution is -2.24. The first kappa shape index (κ1) is 21.2. The Morgan fingerprint density at radius 2 is 1.97 bits per heavy atom. The molecule has 0 saturated heterocycles. The van der Waals surface area contributed by atoms with Crippen LogP contribution in [-0.4, -0.2) is 23.6 Å². The highest BCUT2D eigenvalue weighted by molar-refractivity contribution is 9.10. The molecular weight excluding hydrogens is 430 g/mol. The molecule has 0 aliphatic rings. The Bertz CT molecular complexity index is 954. The first-order chi connectivity index (χ1) is 14.1. The molecule has 0 fully saturated rings. The number of halogens is 1. The van der Waals surface area contributed by atoms with E-state index in [2.05, 4.69) is 62.7 Å². The minimum atomic E-state index is -0.159. The maximum absolute atomic E-state index is 12.0. The number of carbonyl (C=O) groups is 1. The van der Waals surface area contributed by atoms with E-state index in [-0.39, 0.29) is 12.0 Å². The molecule has 29 heavy (non-hydrogen) atoms. The van der Waals surface area contributed by atoms with Crippen molar-refractivity contribution in [3.8, 4) is 0 Å². The number of nitrogens with one attached hydrogen (secondary N) is 3. The Hall–Kier alpha value is -2.47. The third-order valence-corrected chi connectivity index (χ3v) is 5.29. The van der Waals surface area contributed by atoms with Crippen LogP contribution >= 0.6 is 15.9 Å². The Balaban J connectivity index is 1.74. The Morgan fingerprint density at radius 3 is 2.72 bits per heavy atom. The Labute approximate surface area is 180 Å². The molecule has 154 valence electrons. The van der Waals surface area contributed by atoms with E-state index in [1.807, 2.05) is 31.3 Å². The van der Waals surface area contributed by atoms with E-state index in [9.17, 15) is 4.79 Å². The Morgan fingerprint density at radius 1 is 1.17 bits per heavy atom. The first-order valence-corrected chi connectivity index (χ1v) is 10.9. The molecule has 5 nitrogen and oxygen atoms in total. The number of para-hydroxylation sites is 2. The average molecular weight is 458 g/mol. The number of benzene rings is 2. The van der Waals surface area contributed by atoms with Crippen LogP contribution in [0.5, 0.6) is 0 Å². The van der Waals surface area contributed by atoms with Crippen LogP contribution in [0.1, 0.15) is 38.7 Å². The van der Waals surface area contributed by atoms with E-state index in [0.717, 1.165) is 34.2 Å². The van der Waals surface area contributed by atoms with Crippen molar-refractivity contribution in [3.63, 3.8) is 0 Å². The van der Waals surface area contributed by atoms with Gasteiger partial charge in [-0.2, -0.15) is 0 Å². The van der Waals surface area contributed by atoms with Crippen LogP contribution in [0.15, 0.2) is 53.1 Å². The third kappa shape index (κ3) is 5.76. The average Bonchev–Trinajstić information content (AvgIpc) is 3.16. The van der Waals surface area contributed by atoms with E-state index in [1.54, 1.807) is 0 Å². The summed E-state index contributed by atoms with van der Waals surface area (Å²) in [5.74, 6) is -0.159. The largest absolute Gasteiger partial charge is 0.466 e. The standard InChI is InChI=1S/C23H28BrN3O2/c1-3-7-18(14-23(28)29-4-2)27-21-9-6-5-8-20(21)26-15-16-12-17(24)13-22-19(16)10-11-25-22/h5-6,8-13,18,25-27H,3-4,7,14-15H2,1-2H3. The molecule has 2 aromatic carbocycles. The van der Waals surface area contributed by atoms with Crippen LogP contribution in [0.25, 0.3) is 10.9 Å². The van der Waals surface area contributed by atoms with E-state index in [0.29, 0.717) is 19.6 Å². The number of aromatic nitrogens is 1. The van der Waals surface area contributed by atoms with Crippen molar-refractivity contribution in [2.45, 2.75) is 45.7 Å². The van der Waals surface area contributed by atoms with Gasteiger partial charge in [0.1, 0.15) is 0 Å². The summed E-state index contributed by atoms with van der Waals surface area (Å²) in [6.07, 6.45) is 4.23. The fourth-order valence-electron chi connectivity index (χ4n) is 3.52. The van der Waals surface area contributed by atoms with Gasteiger partial charge in [-0.25, -0.2) is 0 Å². The minimum absolute atomic E-state index is 0.0456. The molecule has 0 radical (unpaired) electrons. The summed E-state index contributed by atoms with van der Waals surface area (Å²) < 4.78 is 6.18. The molecule has 0 aliphatic heterocycles. The summed E-state index contributed by atoms with van der Waals surface area (Å²) in [5.41, 5.74) is 4.33. The molecular formula is C23H28BrN3O2. The highest BCUT2D eigenvalue weighted by Gasteiger charge is 2.15. The summed E-state index contributed by atoms with van der Waals surface area (Å²) >= 11 is 3.59. The van der Waals surface area contributed by atoms with Gasteiger partial charge in [0.15, 0.2) is 0 Å². The highest BCUT2D eigenvalue weighted by Crippen LogP contribution is 2.27. The van der Waals surface area contributed by atoms with Crippen molar-refractivity contribution >= 4 is 44.2 Å². The van der Waals surface area contributed by atoms with Crippen molar-refractivity contribution in [1.82, 2.24) is 4.98 Å². The molecule has 0 amide bonds. The van der Waals surface area contributed by atoms with Crippen LogP contribution in [0.2, 0.25) is 0 Å². The summed E-state index contributed by atoms with van der Waals surface area (Å²) in [7, 11) is 0. The van der Waals surface area contributed by atoms with E-state index >= 15 is 0 Å². The van der Waals surface area contributed by atoms with Crippen LogP contribution in [0.4, 0.5) is 11.4 Å². The summed E-state index contributed by atoms with van der Waals surface area (Å²) in [6.45, 7) is 5.07. The molecule has 0 bridgehead atoms. The summed E-state index contributed by atoms with van der Waals surface area (Å²) in [5, 5.41) is 8.30. The molecule has 1 aromatic heterocycles.